The highest BCUT2D eigenvalue weighted by Gasteiger charge is 2.20. The normalized spacial score (nSPS) is 15.9. The molecular weight excluding hydrogens is 501 g/mol. The number of aliphatic imine (C=N–C) groups is 1. The number of carbonyl (C=O) groups excluding carboxylic acids is 2. The van der Waals surface area contributed by atoms with Gasteiger partial charge in [-0.2, -0.15) is 0 Å². The van der Waals surface area contributed by atoms with Gasteiger partial charge in [-0.1, -0.05) is 23.2 Å². The summed E-state index contributed by atoms with van der Waals surface area (Å²) < 4.78 is 0. The van der Waals surface area contributed by atoms with Crippen LogP contribution in [0.5, 0.6) is 5.75 Å². The van der Waals surface area contributed by atoms with Gasteiger partial charge >= 0.3 is 5.97 Å². The van der Waals surface area contributed by atoms with Gasteiger partial charge in [-0.25, -0.2) is 0 Å². The number of carboxylic acids is 1. The first-order chi connectivity index (χ1) is 16.6. The van der Waals surface area contributed by atoms with Crippen LogP contribution < -0.4 is 21.3 Å². The van der Waals surface area contributed by atoms with E-state index in [0.717, 1.165) is 0 Å². The summed E-state index contributed by atoms with van der Waals surface area (Å²) in [4.78, 5) is 40.4. The highest BCUT2D eigenvalue weighted by molar-refractivity contribution is 6.34. The zero-order valence-electron chi connectivity index (χ0n) is 18.2. The number of nitrogens with one attached hydrogen (secondary N) is 4. The van der Waals surface area contributed by atoms with E-state index in [2.05, 4.69) is 26.3 Å². The maximum absolute atomic E-state index is 12.6. The fourth-order valence-corrected chi connectivity index (χ4v) is 3.82. The molecule has 0 fully saturated rings. The van der Waals surface area contributed by atoms with E-state index in [0.29, 0.717) is 23.8 Å². The minimum Gasteiger partial charge on any atom is -0.508 e. The van der Waals surface area contributed by atoms with Crippen molar-refractivity contribution in [1.29, 1.82) is 0 Å². The van der Waals surface area contributed by atoms with Crippen LogP contribution in [0, 0.1) is 0 Å². The Labute approximate surface area is 210 Å². The van der Waals surface area contributed by atoms with E-state index < -0.39 is 42.9 Å². The summed E-state index contributed by atoms with van der Waals surface area (Å²) in [5.41, 5.74) is 0.835. The number of benzene rings is 2. The van der Waals surface area contributed by atoms with Gasteiger partial charge in [-0.15, -0.1) is 0 Å². The van der Waals surface area contributed by atoms with Gasteiger partial charge in [0.05, 0.1) is 31.7 Å². The molecule has 2 atom stereocenters. The zero-order chi connectivity index (χ0) is 25.5. The van der Waals surface area contributed by atoms with Gasteiger partial charge in [0.15, 0.2) is 5.96 Å². The fourth-order valence-electron chi connectivity index (χ4n) is 3.28. The van der Waals surface area contributed by atoms with Crippen LogP contribution in [0.4, 0.5) is 5.69 Å². The SMILES string of the molecule is O=C(O)CC(NC(=O)CNC(=O)c1cc(O)cc(NC2=NCC(O)CN2)c1)c1cc(Cl)cc(Cl)c1. The molecule has 7 N–H and O–H groups in total. The molecule has 1 heterocycles. The molecule has 13 heteroatoms. The number of phenols is 1. The van der Waals surface area contributed by atoms with E-state index in [1.54, 1.807) is 0 Å². The molecule has 2 amide bonds. The number of aromatic hydroxyl groups is 1. The number of guanidine groups is 1. The second-order valence-corrected chi connectivity index (χ2v) is 8.59. The van der Waals surface area contributed by atoms with Crippen LogP contribution >= 0.6 is 23.2 Å². The second-order valence-electron chi connectivity index (χ2n) is 7.72. The zero-order valence-corrected chi connectivity index (χ0v) is 19.7. The van der Waals surface area contributed by atoms with Gasteiger partial charge in [0, 0.05) is 33.9 Å². The number of carboxylic acid groups (broad SMARTS) is 1. The van der Waals surface area contributed by atoms with E-state index >= 15 is 0 Å². The average molecular weight is 524 g/mol. The summed E-state index contributed by atoms with van der Waals surface area (Å²) in [6, 6.07) is 7.59. The Balaban J connectivity index is 1.63. The van der Waals surface area contributed by atoms with Crippen molar-refractivity contribution in [2.24, 2.45) is 4.99 Å². The van der Waals surface area contributed by atoms with Crippen molar-refractivity contribution >= 4 is 52.6 Å². The Bertz CT molecular complexity index is 1140. The van der Waals surface area contributed by atoms with Gasteiger partial charge in [0.2, 0.25) is 5.91 Å². The Morgan fingerprint density at radius 3 is 2.46 bits per heavy atom. The number of anilines is 1. The van der Waals surface area contributed by atoms with Gasteiger partial charge in [-0.3, -0.25) is 19.4 Å². The number of carbonyl (C=O) groups is 3. The van der Waals surface area contributed by atoms with Crippen molar-refractivity contribution in [3.8, 4) is 5.75 Å². The number of hydrogen-bond donors (Lipinski definition) is 7. The molecule has 0 spiro atoms. The van der Waals surface area contributed by atoms with Crippen molar-refractivity contribution in [2.75, 3.05) is 25.0 Å². The maximum Gasteiger partial charge on any atom is 0.305 e. The molecule has 186 valence electrons. The Hall–Kier alpha value is -3.54. The number of phenolic OH excluding ortho intramolecular Hbond substituents is 1. The number of nitrogens with zero attached hydrogens (tertiary/aromatic N) is 1. The lowest BCUT2D eigenvalue weighted by molar-refractivity contribution is -0.137. The van der Waals surface area contributed by atoms with Gasteiger partial charge in [-0.05, 0) is 35.9 Å². The number of rotatable bonds is 8. The maximum atomic E-state index is 12.6. The van der Waals surface area contributed by atoms with E-state index in [9.17, 15) is 29.7 Å². The van der Waals surface area contributed by atoms with Gasteiger partial charge in [0.1, 0.15) is 5.75 Å². The van der Waals surface area contributed by atoms with Crippen LogP contribution in [0.15, 0.2) is 41.4 Å². The number of hydrogen-bond acceptors (Lipinski definition) is 8. The number of halogens is 2. The summed E-state index contributed by atoms with van der Waals surface area (Å²) in [7, 11) is 0. The molecule has 0 aromatic heterocycles. The van der Waals surface area contributed by atoms with E-state index in [1.807, 2.05) is 0 Å². The third-order valence-corrected chi connectivity index (χ3v) is 5.26. The second kappa shape index (κ2) is 11.7. The minimum absolute atomic E-state index is 0.0699. The van der Waals surface area contributed by atoms with Crippen molar-refractivity contribution in [2.45, 2.75) is 18.6 Å². The van der Waals surface area contributed by atoms with E-state index in [-0.39, 0.29) is 27.9 Å². The highest BCUT2D eigenvalue weighted by atomic mass is 35.5. The largest absolute Gasteiger partial charge is 0.508 e. The molecule has 11 nitrogen and oxygen atoms in total. The van der Waals surface area contributed by atoms with E-state index in [4.69, 9.17) is 23.2 Å². The highest BCUT2D eigenvalue weighted by Crippen LogP contribution is 2.25. The lowest BCUT2D eigenvalue weighted by atomic mass is 10.0. The molecule has 2 unspecified atom stereocenters. The Morgan fingerprint density at radius 2 is 1.83 bits per heavy atom. The Kier molecular flexibility index (Phi) is 8.74. The number of amides is 2. The predicted molar refractivity (Wildman–Crippen MR) is 130 cm³/mol. The predicted octanol–water partition coefficient (Wildman–Crippen LogP) is 1.49. The molecule has 0 radical (unpaired) electrons. The monoisotopic (exact) mass is 523 g/mol. The summed E-state index contributed by atoms with van der Waals surface area (Å²) >= 11 is 12.0. The first-order valence-electron chi connectivity index (χ1n) is 10.4. The molecule has 0 saturated heterocycles. The summed E-state index contributed by atoms with van der Waals surface area (Å²) in [6.45, 7) is 0.0616. The number of aliphatic hydroxyl groups is 1. The smallest absolute Gasteiger partial charge is 0.305 e. The number of aliphatic hydroxyl groups excluding tert-OH is 1. The third kappa shape index (κ3) is 8.02. The lowest BCUT2D eigenvalue weighted by Gasteiger charge is -2.20. The first kappa shape index (κ1) is 26.1. The van der Waals surface area contributed by atoms with E-state index in [1.165, 1.54) is 36.4 Å². The summed E-state index contributed by atoms with van der Waals surface area (Å²) in [6.07, 6.45) is -1.02. The van der Waals surface area contributed by atoms with Crippen molar-refractivity contribution in [3.63, 3.8) is 0 Å². The first-order valence-corrected chi connectivity index (χ1v) is 11.2. The van der Waals surface area contributed by atoms with Gasteiger partial charge < -0.3 is 36.6 Å². The minimum atomic E-state index is -1.15. The number of β-amino-alcohol motifs (C(OH)–C–C–N with tert-alkyl or cyclic N) is 1. The quantitative estimate of drug-likeness (QED) is 0.272. The van der Waals surface area contributed by atoms with Gasteiger partial charge in [0.25, 0.3) is 5.91 Å². The molecule has 0 aliphatic carbocycles. The molecule has 2 aromatic carbocycles. The molecule has 3 rings (SSSR count). The van der Waals surface area contributed by atoms with Crippen LogP contribution in [0.2, 0.25) is 10.0 Å². The molecule has 1 aliphatic heterocycles. The molecular formula is C22H23Cl2N5O6. The standard InChI is InChI=1S/C22H23Cl2N5O6/c23-13-1-11(2-14(24)5-13)18(7-20(33)34)29-19(32)10-25-21(35)12-3-15(6-16(30)4-12)28-22-26-8-17(31)9-27-22/h1-6,17-18,30-31H,7-10H2,(H,25,35)(H,29,32)(H,33,34)(H2,26,27,28). The average Bonchev–Trinajstić information content (AvgIpc) is 2.77. The van der Waals surface area contributed by atoms with Crippen LogP contribution in [0.3, 0.4) is 0 Å². The molecule has 0 saturated carbocycles. The molecule has 1 aliphatic rings. The van der Waals surface area contributed by atoms with Crippen molar-refractivity contribution < 1.29 is 29.7 Å². The van der Waals surface area contributed by atoms with Crippen LogP contribution in [-0.4, -0.2) is 64.8 Å². The van der Waals surface area contributed by atoms with Crippen LogP contribution in [0.1, 0.15) is 28.4 Å². The lowest BCUT2D eigenvalue weighted by Crippen LogP contribution is -2.42. The fraction of sp³-hybridized carbons (Fsp3) is 0.273. The topological polar surface area (TPSA) is 172 Å². The Morgan fingerprint density at radius 1 is 1.11 bits per heavy atom. The third-order valence-electron chi connectivity index (χ3n) is 4.82. The molecule has 35 heavy (non-hydrogen) atoms. The number of aliphatic carboxylic acids is 1. The van der Waals surface area contributed by atoms with Crippen molar-refractivity contribution in [1.82, 2.24) is 16.0 Å². The summed E-state index contributed by atoms with van der Waals surface area (Å²) in [5, 5.41) is 40.0. The summed E-state index contributed by atoms with van der Waals surface area (Å²) in [5.74, 6) is -2.26. The van der Waals surface area contributed by atoms with Crippen LogP contribution in [0.25, 0.3) is 0 Å². The van der Waals surface area contributed by atoms with Crippen molar-refractivity contribution in [3.05, 3.63) is 57.6 Å². The molecule has 0 bridgehead atoms. The molecule has 2 aromatic rings. The van der Waals surface area contributed by atoms with Crippen LogP contribution in [-0.2, 0) is 9.59 Å².